The van der Waals surface area contributed by atoms with E-state index in [2.05, 4.69) is 27.9 Å². The zero-order chi connectivity index (χ0) is 20.2. The van der Waals surface area contributed by atoms with Gasteiger partial charge in [0, 0.05) is 3.42 Å². The third-order valence-electron chi connectivity index (χ3n) is 3.95. The van der Waals surface area contributed by atoms with E-state index in [4.69, 9.17) is 14.2 Å². The number of esters is 1. The van der Waals surface area contributed by atoms with Crippen molar-refractivity contribution in [3.63, 3.8) is 0 Å². The van der Waals surface area contributed by atoms with Gasteiger partial charge in [-0.3, -0.25) is 0 Å². The van der Waals surface area contributed by atoms with Crippen molar-refractivity contribution in [3.05, 3.63) is 24.0 Å². The minimum Gasteiger partial charge on any atom is -0.467 e. The second kappa shape index (κ2) is 8.58. The smallest absolute Gasteiger partial charge is 0.408 e. The third kappa shape index (κ3) is 6.14. The molecule has 1 amide bonds. The number of alkyl halides is 2. The number of alkyl carbamates (subject to hydrolysis) is 1. The van der Waals surface area contributed by atoms with Crippen LogP contribution in [-0.2, 0) is 19.0 Å². The second-order valence-corrected chi connectivity index (χ2v) is 9.51. The van der Waals surface area contributed by atoms with Crippen LogP contribution in [0.3, 0.4) is 0 Å². The molecule has 0 aromatic rings. The maximum absolute atomic E-state index is 12.4. The van der Waals surface area contributed by atoms with Crippen LogP contribution >= 0.6 is 22.6 Å². The molecule has 6 nitrogen and oxygen atoms in total. The number of nitrogens with one attached hydrogen (secondary N) is 1. The summed E-state index contributed by atoms with van der Waals surface area (Å²) in [6, 6.07) is 0. The molecule has 0 aromatic carbocycles. The summed E-state index contributed by atoms with van der Waals surface area (Å²) in [7, 11) is 1.27. The Morgan fingerprint density at radius 2 is 1.96 bits per heavy atom. The zero-order valence-electron chi connectivity index (χ0n) is 16.0. The normalized spacial score (nSPS) is 24.9. The third-order valence-corrected chi connectivity index (χ3v) is 5.68. The van der Waals surface area contributed by atoms with Crippen molar-refractivity contribution in [3.8, 4) is 0 Å². The van der Waals surface area contributed by atoms with Gasteiger partial charge in [-0.05, 0) is 52.2 Å². The lowest BCUT2D eigenvalue weighted by atomic mass is 9.79. The van der Waals surface area contributed by atoms with Gasteiger partial charge < -0.3 is 19.5 Å². The summed E-state index contributed by atoms with van der Waals surface area (Å²) in [4.78, 5) is 24.6. The van der Waals surface area contributed by atoms with Crippen LogP contribution in [0, 0.1) is 5.92 Å². The highest BCUT2D eigenvalue weighted by Crippen LogP contribution is 2.42. The van der Waals surface area contributed by atoms with Crippen LogP contribution in [0.25, 0.3) is 0 Å². The summed E-state index contributed by atoms with van der Waals surface area (Å²) in [5.74, 6) is -0.207. The highest BCUT2D eigenvalue weighted by Gasteiger charge is 2.46. The first-order valence-electron chi connectivity index (χ1n) is 8.23. The molecule has 148 valence electrons. The predicted octanol–water partition coefficient (Wildman–Crippen LogP) is 4.04. The molecule has 3 atom stereocenters. The van der Waals surface area contributed by atoms with Crippen LogP contribution in [0.15, 0.2) is 24.0 Å². The molecule has 0 aliphatic heterocycles. The van der Waals surface area contributed by atoms with E-state index < -0.39 is 33.5 Å². The van der Waals surface area contributed by atoms with Crippen molar-refractivity contribution in [2.24, 2.45) is 5.92 Å². The van der Waals surface area contributed by atoms with Crippen molar-refractivity contribution in [2.45, 2.75) is 55.6 Å². The number of hydrogen-bond acceptors (Lipinski definition) is 5. The number of amides is 1. The molecule has 26 heavy (non-hydrogen) atoms. The lowest BCUT2D eigenvalue weighted by Crippen LogP contribution is -2.57. The monoisotopic (exact) mass is 483 g/mol. The van der Waals surface area contributed by atoms with Crippen molar-refractivity contribution in [1.82, 2.24) is 5.32 Å². The Morgan fingerprint density at radius 1 is 1.35 bits per heavy atom. The van der Waals surface area contributed by atoms with Gasteiger partial charge in [-0.15, -0.1) is 0 Å². The average molecular weight is 483 g/mol. The molecule has 1 N–H and O–H groups in total. The van der Waals surface area contributed by atoms with Crippen molar-refractivity contribution in [2.75, 3.05) is 14.0 Å². The van der Waals surface area contributed by atoms with E-state index in [1.807, 2.05) is 13.0 Å². The minimum absolute atomic E-state index is 0.0703. The Morgan fingerprint density at radius 3 is 2.42 bits per heavy atom. The van der Waals surface area contributed by atoms with Gasteiger partial charge in [-0.1, -0.05) is 35.6 Å². The predicted molar refractivity (Wildman–Crippen MR) is 105 cm³/mol. The number of allylic oxidation sites excluding steroid dienone is 3. The lowest BCUT2D eigenvalue weighted by molar-refractivity contribution is -0.148. The molecule has 0 heterocycles. The molecule has 0 saturated heterocycles. The molecule has 0 unspecified atom stereocenters. The standard InChI is InChI=1S/C18H27FINO5/c1-12-9-13(25-11-19)7-8-18(12,20)10-17(5,14(22)24-6)21-15(23)26-16(2,3)4/h7-9,12H,10-11H2,1-6H3,(H,21,23)/t12-,17-,18-/m1/s1. The highest BCUT2D eigenvalue weighted by atomic mass is 127. The number of carbonyl (C=O) groups is 2. The summed E-state index contributed by atoms with van der Waals surface area (Å²) >= 11 is 2.22. The van der Waals surface area contributed by atoms with Gasteiger partial charge in [0.2, 0.25) is 6.86 Å². The first-order chi connectivity index (χ1) is 11.8. The van der Waals surface area contributed by atoms with Gasteiger partial charge in [0.15, 0.2) is 0 Å². The Hall–Kier alpha value is -1.32. The molecule has 8 heteroatoms. The molecule has 1 aliphatic carbocycles. The van der Waals surface area contributed by atoms with Crippen LogP contribution in [0.5, 0.6) is 0 Å². The number of halogens is 2. The quantitative estimate of drug-likeness (QED) is 0.351. The van der Waals surface area contributed by atoms with Gasteiger partial charge in [0.25, 0.3) is 0 Å². The largest absolute Gasteiger partial charge is 0.467 e. The van der Waals surface area contributed by atoms with Crippen LogP contribution in [0.2, 0.25) is 0 Å². The van der Waals surface area contributed by atoms with E-state index in [0.29, 0.717) is 5.76 Å². The van der Waals surface area contributed by atoms with Crippen LogP contribution < -0.4 is 5.32 Å². The van der Waals surface area contributed by atoms with E-state index >= 15 is 0 Å². The zero-order valence-corrected chi connectivity index (χ0v) is 18.2. The van der Waals surface area contributed by atoms with E-state index in [-0.39, 0.29) is 12.3 Å². The summed E-state index contributed by atoms with van der Waals surface area (Å²) in [5, 5.41) is 2.64. The van der Waals surface area contributed by atoms with Crippen LogP contribution in [0.4, 0.5) is 9.18 Å². The Bertz CT molecular complexity index is 601. The maximum atomic E-state index is 12.4. The molecule has 0 aromatic heterocycles. The van der Waals surface area contributed by atoms with Gasteiger partial charge >= 0.3 is 12.1 Å². The number of hydrogen-bond donors (Lipinski definition) is 1. The van der Waals surface area contributed by atoms with Crippen molar-refractivity contribution < 1.29 is 28.2 Å². The molecular weight excluding hydrogens is 456 g/mol. The van der Waals surface area contributed by atoms with E-state index in [0.717, 1.165) is 0 Å². The molecule has 0 fully saturated rings. The summed E-state index contributed by atoms with van der Waals surface area (Å²) in [5.41, 5.74) is -1.99. The average Bonchev–Trinajstić information content (AvgIpc) is 2.48. The van der Waals surface area contributed by atoms with Crippen LogP contribution in [0.1, 0.15) is 41.0 Å². The number of methoxy groups -OCH3 is 1. The molecule has 1 rings (SSSR count). The van der Waals surface area contributed by atoms with Gasteiger partial charge in [0.05, 0.1) is 7.11 Å². The summed E-state index contributed by atoms with van der Waals surface area (Å²) < 4.78 is 26.9. The van der Waals surface area contributed by atoms with Crippen molar-refractivity contribution in [1.29, 1.82) is 0 Å². The SMILES string of the molecule is COC(=O)[C@@](C)(C[C@]1(I)C=CC(OCF)=C[C@H]1C)NC(=O)OC(C)(C)C. The molecule has 0 bridgehead atoms. The first kappa shape index (κ1) is 22.7. The minimum atomic E-state index is -1.30. The van der Waals surface area contributed by atoms with E-state index in [9.17, 15) is 14.0 Å². The van der Waals surface area contributed by atoms with E-state index in [1.165, 1.54) is 7.11 Å². The number of ether oxygens (including phenoxy) is 3. The van der Waals surface area contributed by atoms with Gasteiger partial charge in [-0.25, -0.2) is 14.0 Å². The summed E-state index contributed by atoms with van der Waals surface area (Å²) in [6.07, 6.45) is 4.86. The topological polar surface area (TPSA) is 73.9 Å². The highest BCUT2D eigenvalue weighted by molar-refractivity contribution is 14.1. The van der Waals surface area contributed by atoms with E-state index in [1.54, 1.807) is 39.8 Å². The fourth-order valence-electron chi connectivity index (χ4n) is 2.66. The van der Waals surface area contributed by atoms with Gasteiger partial charge in [0.1, 0.15) is 16.9 Å². The Labute approximate surface area is 167 Å². The lowest BCUT2D eigenvalue weighted by Gasteiger charge is -2.39. The molecule has 0 radical (unpaired) electrons. The first-order valence-corrected chi connectivity index (χ1v) is 9.31. The maximum Gasteiger partial charge on any atom is 0.408 e. The molecule has 0 saturated carbocycles. The number of rotatable bonds is 6. The molecule has 0 spiro atoms. The van der Waals surface area contributed by atoms with Crippen molar-refractivity contribution >= 4 is 34.7 Å². The Kier molecular flexibility index (Phi) is 7.50. The van der Waals surface area contributed by atoms with Crippen LogP contribution in [-0.4, -0.2) is 40.6 Å². The summed E-state index contributed by atoms with van der Waals surface area (Å²) in [6.45, 7) is 7.85. The van der Waals surface area contributed by atoms with Gasteiger partial charge in [-0.2, -0.15) is 0 Å². The fourth-order valence-corrected chi connectivity index (χ4v) is 3.78. The number of carbonyl (C=O) groups excluding carboxylic acids is 2. The molecular formula is C18H27FINO5. The fraction of sp³-hybridized carbons (Fsp3) is 0.667. The Balaban J connectivity index is 3.02. The molecule has 1 aliphatic rings. The second-order valence-electron chi connectivity index (χ2n) is 7.50.